The minimum Gasteiger partial charge on any atom is -0.339 e. The number of halogens is 1. The van der Waals surface area contributed by atoms with Gasteiger partial charge in [0.15, 0.2) is 0 Å². The average Bonchev–Trinajstić information content (AvgIpc) is 2.84. The van der Waals surface area contributed by atoms with E-state index in [1.165, 1.54) is 12.8 Å². The number of benzene rings is 1. The quantitative estimate of drug-likeness (QED) is 0.813. The Morgan fingerprint density at radius 2 is 2.00 bits per heavy atom. The third kappa shape index (κ3) is 2.71. The molecular weight excluding hydrogens is 278 g/mol. The van der Waals surface area contributed by atoms with E-state index < -0.39 is 0 Å². The fraction of sp³-hybridized carbons (Fsp3) is 0.500. The van der Waals surface area contributed by atoms with Crippen molar-refractivity contribution < 1.29 is 4.79 Å². The van der Waals surface area contributed by atoms with Gasteiger partial charge < -0.3 is 4.90 Å². The SMILES string of the molecule is Cc1cc(C(=O)N(C)C2CCCC2)ccc1Br. The zero-order chi connectivity index (χ0) is 12.4. The van der Waals surface area contributed by atoms with Gasteiger partial charge in [0.25, 0.3) is 5.91 Å². The van der Waals surface area contributed by atoms with Gasteiger partial charge in [-0.3, -0.25) is 4.79 Å². The lowest BCUT2D eigenvalue weighted by Gasteiger charge is -2.24. The second kappa shape index (κ2) is 5.21. The lowest BCUT2D eigenvalue weighted by Crippen LogP contribution is -2.35. The van der Waals surface area contributed by atoms with E-state index in [-0.39, 0.29) is 5.91 Å². The molecule has 0 unspecified atom stereocenters. The summed E-state index contributed by atoms with van der Waals surface area (Å²) in [4.78, 5) is 14.2. The molecule has 0 bridgehead atoms. The van der Waals surface area contributed by atoms with Crippen LogP contribution in [0.15, 0.2) is 22.7 Å². The summed E-state index contributed by atoms with van der Waals surface area (Å²) in [5.41, 5.74) is 1.90. The molecule has 2 rings (SSSR count). The molecule has 1 aliphatic rings. The van der Waals surface area contributed by atoms with Gasteiger partial charge >= 0.3 is 0 Å². The Morgan fingerprint density at radius 1 is 1.35 bits per heavy atom. The van der Waals surface area contributed by atoms with Crippen LogP contribution in [0.1, 0.15) is 41.6 Å². The zero-order valence-electron chi connectivity index (χ0n) is 10.4. The van der Waals surface area contributed by atoms with E-state index in [4.69, 9.17) is 0 Å². The predicted molar refractivity (Wildman–Crippen MR) is 73.2 cm³/mol. The fourth-order valence-electron chi connectivity index (χ4n) is 2.44. The Hall–Kier alpha value is -0.830. The van der Waals surface area contributed by atoms with Gasteiger partial charge in [0.05, 0.1) is 0 Å². The molecule has 1 fully saturated rings. The van der Waals surface area contributed by atoms with E-state index in [2.05, 4.69) is 15.9 Å². The number of aryl methyl sites for hydroxylation is 1. The number of carbonyl (C=O) groups is 1. The van der Waals surface area contributed by atoms with E-state index in [0.717, 1.165) is 28.4 Å². The first-order valence-electron chi connectivity index (χ1n) is 6.13. The van der Waals surface area contributed by atoms with Crippen molar-refractivity contribution in [2.24, 2.45) is 0 Å². The van der Waals surface area contributed by atoms with Gasteiger partial charge in [-0.15, -0.1) is 0 Å². The average molecular weight is 296 g/mol. The maximum absolute atomic E-state index is 12.3. The predicted octanol–water partition coefficient (Wildman–Crippen LogP) is 3.77. The van der Waals surface area contributed by atoms with Gasteiger partial charge in [-0.25, -0.2) is 0 Å². The van der Waals surface area contributed by atoms with Crippen molar-refractivity contribution in [1.82, 2.24) is 4.90 Å². The highest BCUT2D eigenvalue weighted by Gasteiger charge is 2.24. The largest absolute Gasteiger partial charge is 0.339 e. The number of carbonyl (C=O) groups excluding carboxylic acids is 1. The molecular formula is C14H18BrNO. The molecule has 0 aromatic heterocycles. The second-order valence-corrected chi connectivity index (χ2v) is 5.67. The van der Waals surface area contributed by atoms with Crippen LogP contribution in [0.2, 0.25) is 0 Å². The molecule has 1 aromatic rings. The van der Waals surface area contributed by atoms with Crippen LogP contribution in [0.4, 0.5) is 0 Å². The summed E-state index contributed by atoms with van der Waals surface area (Å²) in [6.45, 7) is 2.01. The van der Waals surface area contributed by atoms with Crippen LogP contribution >= 0.6 is 15.9 Å². The van der Waals surface area contributed by atoms with Gasteiger partial charge in [0.2, 0.25) is 0 Å². The van der Waals surface area contributed by atoms with Crippen molar-refractivity contribution in [3.63, 3.8) is 0 Å². The van der Waals surface area contributed by atoms with Gasteiger partial charge in [-0.2, -0.15) is 0 Å². The summed E-state index contributed by atoms with van der Waals surface area (Å²) in [5.74, 6) is 0.146. The third-order valence-electron chi connectivity index (χ3n) is 3.60. The number of hydrogen-bond donors (Lipinski definition) is 0. The monoisotopic (exact) mass is 295 g/mol. The molecule has 0 atom stereocenters. The Morgan fingerprint density at radius 3 is 2.59 bits per heavy atom. The first kappa shape index (κ1) is 12.6. The molecule has 0 N–H and O–H groups in total. The van der Waals surface area contributed by atoms with Crippen LogP contribution < -0.4 is 0 Å². The maximum Gasteiger partial charge on any atom is 0.253 e. The van der Waals surface area contributed by atoms with Gasteiger partial charge in [0, 0.05) is 23.1 Å². The smallest absolute Gasteiger partial charge is 0.253 e. The molecule has 1 amide bonds. The van der Waals surface area contributed by atoms with Crippen LogP contribution in [-0.2, 0) is 0 Å². The van der Waals surface area contributed by atoms with Gasteiger partial charge in [-0.1, -0.05) is 28.8 Å². The number of rotatable bonds is 2. The number of amides is 1. The summed E-state index contributed by atoms with van der Waals surface area (Å²) in [6.07, 6.45) is 4.80. The van der Waals surface area contributed by atoms with E-state index >= 15 is 0 Å². The lowest BCUT2D eigenvalue weighted by atomic mass is 10.1. The summed E-state index contributed by atoms with van der Waals surface area (Å²) in [7, 11) is 1.93. The molecule has 3 heteroatoms. The Bertz CT molecular complexity index is 424. The van der Waals surface area contributed by atoms with Gasteiger partial charge in [0.1, 0.15) is 0 Å². The van der Waals surface area contributed by atoms with E-state index in [9.17, 15) is 4.79 Å². The van der Waals surface area contributed by atoms with Crippen molar-refractivity contribution in [3.8, 4) is 0 Å². The first-order valence-corrected chi connectivity index (χ1v) is 6.92. The van der Waals surface area contributed by atoms with Crippen LogP contribution in [0, 0.1) is 6.92 Å². The third-order valence-corrected chi connectivity index (χ3v) is 4.49. The first-order chi connectivity index (χ1) is 8.09. The normalized spacial score (nSPS) is 16.2. The topological polar surface area (TPSA) is 20.3 Å². The number of nitrogens with zero attached hydrogens (tertiary/aromatic N) is 1. The molecule has 2 nitrogen and oxygen atoms in total. The van der Waals surface area contributed by atoms with E-state index in [1.807, 2.05) is 37.1 Å². The summed E-state index contributed by atoms with van der Waals surface area (Å²) < 4.78 is 1.05. The Kier molecular flexibility index (Phi) is 3.87. The van der Waals surface area contributed by atoms with Crippen molar-refractivity contribution >= 4 is 21.8 Å². The second-order valence-electron chi connectivity index (χ2n) is 4.82. The fourth-order valence-corrected chi connectivity index (χ4v) is 2.69. The Labute approximate surface area is 111 Å². The van der Waals surface area contributed by atoms with Gasteiger partial charge in [-0.05, 0) is 43.5 Å². The van der Waals surface area contributed by atoms with Crippen molar-refractivity contribution in [2.75, 3.05) is 7.05 Å². The lowest BCUT2D eigenvalue weighted by molar-refractivity contribution is 0.0735. The molecule has 92 valence electrons. The maximum atomic E-state index is 12.3. The van der Waals surface area contributed by atoms with E-state index in [0.29, 0.717) is 6.04 Å². The number of hydrogen-bond acceptors (Lipinski definition) is 1. The molecule has 0 radical (unpaired) electrons. The van der Waals surface area contributed by atoms with Crippen molar-refractivity contribution in [2.45, 2.75) is 38.6 Å². The van der Waals surface area contributed by atoms with Crippen LogP contribution in [0.25, 0.3) is 0 Å². The minimum atomic E-state index is 0.146. The zero-order valence-corrected chi connectivity index (χ0v) is 12.0. The van der Waals surface area contributed by atoms with E-state index in [1.54, 1.807) is 0 Å². The summed E-state index contributed by atoms with van der Waals surface area (Å²) in [6, 6.07) is 6.24. The van der Waals surface area contributed by atoms with Crippen LogP contribution in [-0.4, -0.2) is 23.9 Å². The van der Waals surface area contributed by atoms with Crippen molar-refractivity contribution in [3.05, 3.63) is 33.8 Å². The molecule has 17 heavy (non-hydrogen) atoms. The molecule has 0 spiro atoms. The highest BCUT2D eigenvalue weighted by Crippen LogP contribution is 2.24. The summed E-state index contributed by atoms with van der Waals surface area (Å²) in [5, 5.41) is 0. The highest BCUT2D eigenvalue weighted by atomic mass is 79.9. The van der Waals surface area contributed by atoms with Crippen LogP contribution in [0.3, 0.4) is 0 Å². The molecule has 0 aliphatic heterocycles. The van der Waals surface area contributed by atoms with Crippen molar-refractivity contribution in [1.29, 1.82) is 0 Å². The Balaban J connectivity index is 2.15. The van der Waals surface area contributed by atoms with Crippen LogP contribution in [0.5, 0.6) is 0 Å². The molecule has 1 saturated carbocycles. The molecule has 1 aromatic carbocycles. The minimum absolute atomic E-state index is 0.146. The highest BCUT2D eigenvalue weighted by molar-refractivity contribution is 9.10. The molecule has 0 saturated heterocycles. The summed E-state index contributed by atoms with van der Waals surface area (Å²) >= 11 is 3.46. The molecule has 1 aliphatic carbocycles. The molecule has 0 heterocycles. The standard InChI is InChI=1S/C14H18BrNO/c1-10-9-11(7-8-13(10)15)14(17)16(2)12-5-3-4-6-12/h7-9,12H,3-6H2,1-2H3.